The molecule has 0 unspecified atom stereocenters. The Labute approximate surface area is 206 Å². The Bertz CT molecular complexity index is 1310. The van der Waals surface area contributed by atoms with E-state index in [0.29, 0.717) is 6.42 Å². The number of hydrogen-bond donors (Lipinski definition) is 2. The number of carbonyl (C=O) groups is 3. The van der Waals surface area contributed by atoms with Gasteiger partial charge in [-0.25, -0.2) is 4.39 Å². The second-order valence-corrected chi connectivity index (χ2v) is 9.86. The van der Waals surface area contributed by atoms with Gasteiger partial charge in [-0.05, 0) is 26.3 Å². The summed E-state index contributed by atoms with van der Waals surface area (Å²) in [5.41, 5.74) is -2.46. The van der Waals surface area contributed by atoms with Crippen LogP contribution in [-0.2, 0) is 16.9 Å². The van der Waals surface area contributed by atoms with Gasteiger partial charge < -0.3 is 24.8 Å². The zero-order valence-electron chi connectivity index (χ0n) is 19.8. The number of hydrogen-bond acceptors (Lipinski definition) is 5. The molecule has 3 amide bonds. The van der Waals surface area contributed by atoms with E-state index in [0.717, 1.165) is 0 Å². The van der Waals surface area contributed by atoms with Crippen LogP contribution in [0.1, 0.15) is 46.7 Å². The van der Waals surface area contributed by atoms with Gasteiger partial charge in [-0.15, -0.1) is 0 Å². The summed E-state index contributed by atoms with van der Waals surface area (Å²) in [5.74, 6) is -3.62. The molecule has 35 heavy (non-hydrogen) atoms. The average molecular weight is 505 g/mol. The van der Waals surface area contributed by atoms with E-state index in [1.807, 2.05) is 0 Å². The smallest absolute Gasteiger partial charge is 0.274 e. The molecule has 2 N–H and O–H groups in total. The van der Waals surface area contributed by atoms with E-state index < -0.39 is 45.8 Å². The van der Waals surface area contributed by atoms with Crippen molar-refractivity contribution in [2.24, 2.45) is 5.92 Å². The van der Waals surface area contributed by atoms with E-state index >= 15 is 0 Å². The van der Waals surface area contributed by atoms with E-state index in [9.17, 15) is 28.7 Å². The molecule has 1 aromatic heterocycles. The lowest BCUT2D eigenvalue weighted by molar-refractivity contribution is -0.131. The fourth-order valence-corrected chi connectivity index (χ4v) is 4.83. The topological polar surface area (TPSA) is 112 Å². The summed E-state index contributed by atoms with van der Waals surface area (Å²) < 4.78 is 15.6. The predicted octanol–water partition coefficient (Wildman–Crippen LogP) is 1.94. The summed E-state index contributed by atoms with van der Waals surface area (Å²) >= 11 is 5.78. The number of halogens is 2. The molecule has 2 heterocycles. The maximum absolute atomic E-state index is 14.2. The second-order valence-electron chi connectivity index (χ2n) is 9.45. The van der Waals surface area contributed by atoms with Crippen molar-refractivity contribution in [3.63, 3.8) is 0 Å². The maximum Gasteiger partial charge on any atom is 0.274 e. The average Bonchev–Trinajstić information content (AvgIpc) is 3.52. The molecule has 1 aliphatic heterocycles. The monoisotopic (exact) mass is 504 g/mol. The molecule has 4 rings (SSSR count). The summed E-state index contributed by atoms with van der Waals surface area (Å²) in [6.45, 7) is 3.55. The van der Waals surface area contributed by atoms with Crippen LogP contribution in [0.15, 0.2) is 29.2 Å². The molecule has 0 bridgehead atoms. The minimum absolute atomic E-state index is 0.108. The van der Waals surface area contributed by atoms with Crippen LogP contribution < -0.4 is 10.7 Å². The third kappa shape index (κ3) is 3.95. The number of amides is 3. The van der Waals surface area contributed by atoms with Crippen molar-refractivity contribution in [1.29, 1.82) is 0 Å². The van der Waals surface area contributed by atoms with Gasteiger partial charge in [0.25, 0.3) is 11.8 Å². The number of pyridine rings is 1. The third-order valence-electron chi connectivity index (χ3n) is 6.69. The zero-order chi connectivity index (χ0) is 25.8. The van der Waals surface area contributed by atoms with E-state index in [1.165, 1.54) is 38.8 Å². The molecule has 9 nitrogen and oxygen atoms in total. The quantitative estimate of drug-likeness (QED) is 0.646. The van der Waals surface area contributed by atoms with E-state index in [1.54, 1.807) is 27.9 Å². The molecule has 2 atom stereocenters. The number of carbonyl (C=O) groups excluding carboxylic acids is 3. The fourth-order valence-electron chi connectivity index (χ4n) is 4.63. The molecule has 1 aliphatic carbocycles. The molecular weight excluding hydrogens is 479 g/mol. The van der Waals surface area contributed by atoms with Crippen molar-refractivity contribution in [1.82, 2.24) is 19.7 Å². The number of nitrogens with one attached hydrogen (secondary N) is 1. The molecule has 186 valence electrons. The number of nitrogens with zero attached hydrogens (tertiary/aromatic N) is 3. The number of aromatic nitrogens is 1. The number of rotatable bonds is 5. The molecule has 1 fully saturated rings. The zero-order valence-corrected chi connectivity index (χ0v) is 20.5. The minimum atomic E-state index is -1.02. The first-order valence-corrected chi connectivity index (χ1v) is 11.5. The summed E-state index contributed by atoms with van der Waals surface area (Å²) in [7, 11) is 3.25. The van der Waals surface area contributed by atoms with Crippen LogP contribution in [0.2, 0.25) is 5.02 Å². The van der Waals surface area contributed by atoms with Crippen molar-refractivity contribution in [3.8, 4) is 5.75 Å². The lowest BCUT2D eigenvalue weighted by Gasteiger charge is -2.39. The largest absolute Gasteiger partial charge is 0.503 e. The van der Waals surface area contributed by atoms with Gasteiger partial charge in [-0.2, -0.15) is 0 Å². The Morgan fingerprint density at radius 2 is 2.00 bits per heavy atom. The van der Waals surface area contributed by atoms with Crippen molar-refractivity contribution in [3.05, 3.63) is 62.3 Å². The van der Waals surface area contributed by atoms with Gasteiger partial charge in [0.1, 0.15) is 11.4 Å². The summed E-state index contributed by atoms with van der Waals surface area (Å²) in [6.07, 6.45) is 1.60. The standard InChI is InChI=1S/C24H26ClFN4O5/c1-12(2)29-11-24(8-15(24)22(34)28(3)4)30-10-14(19(31)20(32)18(30)23(29)35)21(33)27-9-13-6-5-7-16(25)17(13)26/h5-7,10,12,15,32H,8-9,11H2,1-4H3,(H,27,33)/t15-,24+/m0/s1. The highest BCUT2D eigenvalue weighted by Gasteiger charge is 2.64. The summed E-state index contributed by atoms with van der Waals surface area (Å²) in [6, 6.07) is 4.09. The van der Waals surface area contributed by atoms with Crippen LogP contribution >= 0.6 is 11.6 Å². The predicted molar refractivity (Wildman–Crippen MR) is 126 cm³/mol. The van der Waals surface area contributed by atoms with Crippen LogP contribution in [0, 0.1) is 11.7 Å². The minimum Gasteiger partial charge on any atom is -0.503 e. The Kier molecular flexibility index (Phi) is 6.12. The Hall–Kier alpha value is -3.40. The van der Waals surface area contributed by atoms with Gasteiger partial charge in [0.05, 0.1) is 16.5 Å². The molecule has 1 saturated carbocycles. The van der Waals surface area contributed by atoms with Crippen molar-refractivity contribution >= 4 is 29.3 Å². The molecule has 11 heteroatoms. The van der Waals surface area contributed by atoms with Crippen LogP contribution in [0.5, 0.6) is 5.75 Å². The van der Waals surface area contributed by atoms with Crippen molar-refractivity contribution < 1.29 is 23.9 Å². The molecule has 1 aromatic carbocycles. The Morgan fingerprint density at radius 3 is 2.63 bits per heavy atom. The van der Waals surface area contributed by atoms with E-state index in [4.69, 9.17) is 11.6 Å². The first kappa shape index (κ1) is 24.7. The Balaban J connectivity index is 1.76. The van der Waals surface area contributed by atoms with Gasteiger partial charge in [-0.1, -0.05) is 23.7 Å². The molecular formula is C24H26ClFN4O5. The van der Waals surface area contributed by atoms with E-state index in [2.05, 4.69) is 5.32 Å². The molecule has 1 spiro atoms. The van der Waals surface area contributed by atoms with Gasteiger partial charge in [0, 0.05) is 45.0 Å². The number of benzene rings is 1. The fraction of sp³-hybridized carbons (Fsp3) is 0.417. The van der Waals surface area contributed by atoms with Gasteiger partial charge in [-0.3, -0.25) is 19.2 Å². The van der Waals surface area contributed by atoms with Gasteiger partial charge in [0.15, 0.2) is 11.4 Å². The lowest BCUT2D eigenvalue weighted by Crippen LogP contribution is -2.53. The van der Waals surface area contributed by atoms with Gasteiger partial charge in [0.2, 0.25) is 11.3 Å². The van der Waals surface area contributed by atoms with Crippen LogP contribution in [0.3, 0.4) is 0 Å². The van der Waals surface area contributed by atoms with Crippen molar-refractivity contribution in [2.75, 3.05) is 20.6 Å². The van der Waals surface area contributed by atoms with Crippen LogP contribution in [-0.4, -0.2) is 63.9 Å². The van der Waals surface area contributed by atoms with Crippen LogP contribution in [0.4, 0.5) is 4.39 Å². The van der Waals surface area contributed by atoms with E-state index in [-0.39, 0.29) is 41.3 Å². The normalized spacial score (nSPS) is 20.7. The summed E-state index contributed by atoms with van der Waals surface area (Å²) in [4.78, 5) is 54.8. The first-order valence-electron chi connectivity index (χ1n) is 11.1. The second kappa shape index (κ2) is 8.67. The van der Waals surface area contributed by atoms with Crippen molar-refractivity contribution in [2.45, 2.75) is 38.4 Å². The molecule has 2 aromatic rings. The number of fused-ring (bicyclic) bond motifs is 2. The number of aromatic hydroxyl groups is 1. The highest BCUT2D eigenvalue weighted by Crippen LogP contribution is 2.55. The lowest BCUT2D eigenvalue weighted by atomic mass is 10.0. The first-order chi connectivity index (χ1) is 16.4. The Morgan fingerprint density at radius 1 is 1.31 bits per heavy atom. The SMILES string of the molecule is CC(C)N1C[C@@]2(C[C@H]2C(=O)N(C)C)n2cc(C(=O)NCc3cccc(Cl)c3F)c(=O)c(O)c2C1=O. The maximum atomic E-state index is 14.2. The van der Waals surface area contributed by atoms with Crippen LogP contribution in [0.25, 0.3) is 0 Å². The highest BCUT2D eigenvalue weighted by molar-refractivity contribution is 6.30. The summed E-state index contributed by atoms with van der Waals surface area (Å²) in [5, 5.41) is 13.1. The van der Waals surface area contributed by atoms with Gasteiger partial charge >= 0.3 is 0 Å². The molecule has 0 saturated heterocycles. The third-order valence-corrected chi connectivity index (χ3v) is 6.99. The molecule has 2 aliphatic rings. The molecule has 0 radical (unpaired) electrons. The highest BCUT2D eigenvalue weighted by atomic mass is 35.5.